The minimum Gasteiger partial charge on any atom is -0.369 e. The lowest BCUT2D eigenvalue weighted by atomic mass is 9.97. The minimum atomic E-state index is 0.169. The number of benzene rings is 1. The molecule has 1 unspecified atom stereocenters. The molecule has 0 fully saturated rings. The Labute approximate surface area is 130 Å². The van der Waals surface area contributed by atoms with E-state index >= 15 is 0 Å². The topological polar surface area (TPSA) is 15.3 Å². The first-order valence-electron chi connectivity index (χ1n) is 8.63. The monoisotopic (exact) mass is 288 g/mol. The maximum atomic E-state index is 3.70. The van der Waals surface area contributed by atoms with E-state index in [1.807, 2.05) is 0 Å². The summed E-state index contributed by atoms with van der Waals surface area (Å²) in [6, 6.07) is 8.90. The van der Waals surface area contributed by atoms with Crippen LogP contribution >= 0.6 is 0 Å². The normalized spacial score (nSPS) is 19.0. The summed E-state index contributed by atoms with van der Waals surface area (Å²) in [6.07, 6.45) is 5.31. The molecule has 0 aliphatic carbocycles. The molecule has 0 radical (unpaired) electrons. The van der Waals surface area contributed by atoms with Gasteiger partial charge in [-0.25, -0.2) is 0 Å². The van der Waals surface area contributed by atoms with E-state index in [-0.39, 0.29) is 5.54 Å². The summed E-state index contributed by atoms with van der Waals surface area (Å²) in [7, 11) is 0. The van der Waals surface area contributed by atoms with E-state index in [0.717, 1.165) is 19.0 Å². The summed E-state index contributed by atoms with van der Waals surface area (Å²) >= 11 is 0. The molecule has 0 spiro atoms. The van der Waals surface area contributed by atoms with E-state index in [9.17, 15) is 0 Å². The average molecular weight is 288 g/mol. The van der Waals surface area contributed by atoms with Gasteiger partial charge in [0.1, 0.15) is 0 Å². The van der Waals surface area contributed by atoms with Crippen LogP contribution in [0.2, 0.25) is 0 Å². The van der Waals surface area contributed by atoms with Gasteiger partial charge in [-0.1, -0.05) is 51.3 Å². The molecule has 1 atom stereocenters. The molecule has 1 heterocycles. The molecular formula is C19H32N2. The molecule has 1 aromatic rings. The second-order valence-electron chi connectivity index (χ2n) is 7.16. The fourth-order valence-electron chi connectivity index (χ4n) is 3.31. The molecule has 2 rings (SSSR count). The van der Waals surface area contributed by atoms with Crippen LogP contribution < -0.4 is 10.2 Å². The zero-order valence-corrected chi connectivity index (χ0v) is 14.3. The number of fused-ring (bicyclic) bond motifs is 1. The Morgan fingerprint density at radius 2 is 2.00 bits per heavy atom. The summed E-state index contributed by atoms with van der Waals surface area (Å²) in [5, 5.41) is 3.70. The highest BCUT2D eigenvalue weighted by Gasteiger charge is 2.27. The van der Waals surface area contributed by atoms with Gasteiger partial charge in [0, 0.05) is 30.9 Å². The summed E-state index contributed by atoms with van der Waals surface area (Å²) in [5.41, 5.74) is 3.04. The van der Waals surface area contributed by atoms with E-state index in [2.05, 4.69) is 62.2 Å². The first-order valence-corrected chi connectivity index (χ1v) is 8.63. The zero-order chi connectivity index (χ0) is 15.3. The Morgan fingerprint density at radius 3 is 2.71 bits per heavy atom. The van der Waals surface area contributed by atoms with Crippen molar-refractivity contribution in [2.45, 2.75) is 65.5 Å². The molecule has 118 valence electrons. The Kier molecular flexibility index (Phi) is 5.69. The number of unbranched alkanes of at least 4 members (excludes halogenated alkanes) is 1. The maximum absolute atomic E-state index is 3.70. The molecule has 21 heavy (non-hydrogen) atoms. The predicted molar refractivity (Wildman–Crippen MR) is 92.9 cm³/mol. The van der Waals surface area contributed by atoms with Gasteiger partial charge >= 0.3 is 0 Å². The Balaban J connectivity index is 2.17. The fraction of sp³-hybridized carbons (Fsp3) is 0.684. The van der Waals surface area contributed by atoms with E-state index in [4.69, 9.17) is 0 Å². The molecule has 0 amide bonds. The molecular weight excluding hydrogens is 256 g/mol. The highest BCUT2D eigenvalue weighted by atomic mass is 15.2. The second-order valence-corrected chi connectivity index (χ2v) is 7.16. The predicted octanol–water partition coefficient (Wildman–Crippen LogP) is 4.59. The zero-order valence-electron chi connectivity index (χ0n) is 14.3. The molecule has 2 heteroatoms. The van der Waals surface area contributed by atoms with Crippen LogP contribution in [0, 0.1) is 5.92 Å². The highest BCUT2D eigenvalue weighted by molar-refractivity contribution is 5.55. The van der Waals surface area contributed by atoms with Crippen molar-refractivity contribution in [3.8, 4) is 0 Å². The molecule has 1 aliphatic heterocycles. The number of hydrogen-bond acceptors (Lipinski definition) is 2. The van der Waals surface area contributed by atoms with Gasteiger partial charge in [-0.2, -0.15) is 0 Å². The highest BCUT2D eigenvalue weighted by Crippen LogP contribution is 2.28. The number of anilines is 1. The van der Waals surface area contributed by atoms with Crippen LogP contribution in [0.1, 0.15) is 58.9 Å². The minimum absolute atomic E-state index is 0.169. The third-order valence-corrected chi connectivity index (χ3v) is 4.70. The lowest BCUT2D eigenvalue weighted by Gasteiger charge is -2.34. The van der Waals surface area contributed by atoms with Crippen molar-refractivity contribution in [3.05, 3.63) is 29.8 Å². The lowest BCUT2D eigenvalue weighted by Crippen LogP contribution is -2.47. The third-order valence-electron chi connectivity index (χ3n) is 4.70. The third kappa shape index (κ3) is 4.47. The van der Waals surface area contributed by atoms with E-state index < -0.39 is 0 Å². The summed E-state index contributed by atoms with van der Waals surface area (Å²) in [6.45, 7) is 12.5. The molecule has 2 nitrogen and oxygen atoms in total. The Hall–Kier alpha value is -1.02. The van der Waals surface area contributed by atoms with Crippen molar-refractivity contribution in [3.63, 3.8) is 0 Å². The number of para-hydroxylation sites is 1. The van der Waals surface area contributed by atoms with E-state index in [1.54, 1.807) is 0 Å². The summed E-state index contributed by atoms with van der Waals surface area (Å²) in [4.78, 5) is 2.62. The van der Waals surface area contributed by atoms with Gasteiger partial charge in [0.2, 0.25) is 0 Å². The van der Waals surface area contributed by atoms with Gasteiger partial charge in [-0.15, -0.1) is 0 Å². The standard InChI is InChI=1S/C19H32N2/c1-5-7-10-16(6-2)14-21-15-19(3,4)20-13-17-11-8-9-12-18(17)21/h8-9,11-12,16,20H,5-7,10,13-15H2,1-4H3. The van der Waals surface area contributed by atoms with Crippen LogP contribution in [0.3, 0.4) is 0 Å². The van der Waals surface area contributed by atoms with Crippen LogP contribution in [0.5, 0.6) is 0 Å². The first kappa shape index (κ1) is 16.4. The number of nitrogens with zero attached hydrogens (tertiary/aromatic N) is 1. The van der Waals surface area contributed by atoms with Gasteiger partial charge in [0.15, 0.2) is 0 Å². The second kappa shape index (κ2) is 7.31. The van der Waals surface area contributed by atoms with Crippen LogP contribution in [-0.2, 0) is 6.54 Å². The molecule has 0 bridgehead atoms. The van der Waals surface area contributed by atoms with Crippen LogP contribution in [-0.4, -0.2) is 18.6 Å². The van der Waals surface area contributed by atoms with Crippen LogP contribution in [0.4, 0.5) is 5.69 Å². The number of nitrogens with one attached hydrogen (secondary N) is 1. The van der Waals surface area contributed by atoms with Crippen molar-refractivity contribution in [2.75, 3.05) is 18.0 Å². The van der Waals surface area contributed by atoms with Gasteiger partial charge in [-0.3, -0.25) is 0 Å². The van der Waals surface area contributed by atoms with E-state index in [0.29, 0.717) is 0 Å². The molecule has 0 saturated heterocycles. The summed E-state index contributed by atoms with van der Waals surface area (Å²) < 4.78 is 0. The smallest absolute Gasteiger partial charge is 0.0412 e. The van der Waals surface area contributed by atoms with Crippen molar-refractivity contribution < 1.29 is 0 Å². The quantitative estimate of drug-likeness (QED) is 0.823. The number of rotatable bonds is 6. The Morgan fingerprint density at radius 1 is 1.24 bits per heavy atom. The first-order chi connectivity index (χ1) is 10.1. The van der Waals surface area contributed by atoms with Gasteiger partial charge in [-0.05, 0) is 37.8 Å². The van der Waals surface area contributed by atoms with Crippen molar-refractivity contribution in [1.82, 2.24) is 5.32 Å². The molecule has 1 aromatic carbocycles. The van der Waals surface area contributed by atoms with Crippen molar-refractivity contribution >= 4 is 5.69 Å². The largest absolute Gasteiger partial charge is 0.369 e. The maximum Gasteiger partial charge on any atom is 0.0412 e. The van der Waals surface area contributed by atoms with Crippen molar-refractivity contribution in [2.24, 2.45) is 5.92 Å². The van der Waals surface area contributed by atoms with Gasteiger partial charge < -0.3 is 10.2 Å². The van der Waals surface area contributed by atoms with E-state index in [1.165, 1.54) is 43.5 Å². The Bertz CT molecular complexity index is 439. The fourth-order valence-corrected chi connectivity index (χ4v) is 3.31. The summed E-state index contributed by atoms with van der Waals surface area (Å²) in [5.74, 6) is 0.812. The molecule has 0 aromatic heterocycles. The molecule has 1 aliphatic rings. The van der Waals surface area contributed by atoms with Crippen LogP contribution in [0.25, 0.3) is 0 Å². The van der Waals surface area contributed by atoms with Gasteiger partial charge in [0.25, 0.3) is 0 Å². The van der Waals surface area contributed by atoms with Crippen molar-refractivity contribution in [1.29, 1.82) is 0 Å². The number of hydrogen-bond donors (Lipinski definition) is 1. The van der Waals surface area contributed by atoms with Gasteiger partial charge in [0.05, 0.1) is 0 Å². The molecule has 0 saturated carbocycles. The molecule has 1 N–H and O–H groups in total. The lowest BCUT2D eigenvalue weighted by molar-refractivity contribution is 0.375. The SMILES string of the molecule is CCCCC(CC)CN1CC(C)(C)NCc2ccccc21. The average Bonchev–Trinajstić information content (AvgIpc) is 2.60. The van der Waals surface area contributed by atoms with Crippen LogP contribution in [0.15, 0.2) is 24.3 Å².